The van der Waals surface area contributed by atoms with E-state index in [1.807, 2.05) is 59.5 Å². The van der Waals surface area contributed by atoms with Crippen molar-refractivity contribution in [1.29, 1.82) is 0 Å². The number of rotatable bonds is 5. The van der Waals surface area contributed by atoms with E-state index in [0.717, 1.165) is 5.56 Å². The van der Waals surface area contributed by atoms with Crippen molar-refractivity contribution in [3.8, 4) is 0 Å². The highest BCUT2D eigenvalue weighted by Gasteiger charge is 2.29. The van der Waals surface area contributed by atoms with Crippen molar-refractivity contribution in [3.63, 3.8) is 0 Å². The molecule has 1 aliphatic heterocycles. The Morgan fingerprint density at radius 1 is 1.07 bits per heavy atom. The Hall–Kier alpha value is -2.62. The minimum atomic E-state index is -0.0792. The number of hydrogen-bond donors (Lipinski definition) is 1. The summed E-state index contributed by atoms with van der Waals surface area (Å²) < 4.78 is 0. The molecule has 4 heteroatoms. The molecule has 1 saturated heterocycles. The molecule has 0 aromatic heterocycles. The summed E-state index contributed by atoms with van der Waals surface area (Å²) in [5.41, 5.74) is 3.07. The highest BCUT2D eigenvalue weighted by Crippen LogP contribution is 2.22. The van der Waals surface area contributed by atoms with Crippen LogP contribution in [0.15, 0.2) is 54.6 Å². The lowest BCUT2D eigenvalue weighted by molar-refractivity contribution is -0.128. The average Bonchev–Trinajstić information content (AvgIpc) is 2.99. The zero-order chi connectivity index (χ0) is 19.4. The Balaban J connectivity index is 1.51. The van der Waals surface area contributed by atoms with Gasteiger partial charge in [0, 0.05) is 37.5 Å². The predicted molar refractivity (Wildman–Crippen MR) is 107 cm³/mol. The molecule has 0 spiro atoms. The molecule has 1 aliphatic rings. The molecule has 1 fully saturated rings. The van der Waals surface area contributed by atoms with Crippen LogP contribution in [-0.4, -0.2) is 29.8 Å². The maximum Gasteiger partial charge on any atom is 0.251 e. The highest BCUT2D eigenvalue weighted by atomic mass is 16.2. The Morgan fingerprint density at radius 2 is 1.74 bits per heavy atom. The van der Waals surface area contributed by atoms with Gasteiger partial charge in [-0.3, -0.25) is 9.59 Å². The van der Waals surface area contributed by atoms with E-state index in [1.54, 1.807) is 0 Å². The molecule has 0 aliphatic carbocycles. The lowest BCUT2D eigenvalue weighted by atomic mass is 9.87. The number of hydrogen-bond acceptors (Lipinski definition) is 2. The van der Waals surface area contributed by atoms with Gasteiger partial charge in [0.2, 0.25) is 5.91 Å². The van der Waals surface area contributed by atoms with Crippen LogP contribution in [0.2, 0.25) is 0 Å². The van der Waals surface area contributed by atoms with Crippen molar-refractivity contribution >= 4 is 11.8 Å². The summed E-state index contributed by atoms with van der Waals surface area (Å²) in [4.78, 5) is 26.5. The molecule has 142 valence electrons. The second-order valence-corrected chi connectivity index (χ2v) is 8.37. The molecule has 2 amide bonds. The Kier molecular flexibility index (Phi) is 5.64. The normalized spacial score (nSPS) is 17.2. The van der Waals surface area contributed by atoms with Crippen LogP contribution in [0.25, 0.3) is 0 Å². The van der Waals surface area contributed by atoms with Crippen molar-refractivity contribution in [2.75, 3.05) is 13.1 Å². The first-order valence-corrected chi connectivity index (χ1v) is 9.53. The maximum absolute atomic E-state index is 12.4. The lowest BCUT2D eigenvalue weighted by Gasteiger charge is -2.19. The average molecular weight is 364 g/mol. The van der Waals surface area contributed by atoms with E-state index in [1.165, 1.54) is 5.56 Å². The van der Waals surface area contributed by atoms with Crippen molar-refractivity contribution in [2.24, 2.45) is 5.92 Å². The molecular weight excluding hydrogens is 336 g/mol. The van der Waals surface area contributed by atoms with E-state index in [9.17, 15) is 9.59 Å². The SMILES string of the molecule is CC(C)(C)c1ccc(C(=O)NCC2CC(=O)N(Cc3ccccc3)C2)cc1. The Morgan fingerprint density at radius 3 is 2.37 bits per heavy atom. The van der Waals surface area contributed by atoms with Crippen LogP contribution in [-0.2, 0) is 16.8 Å². The van der Waals surface area contributed by atoms with Crippen LogP contribution in [0, 0.1) is 5.92 Å². The summed E-state index contributed by atoms with van der Waals surface area (Å²) in [6.07, 6.45) is 0.496. The van der Waals surface area contributed by atoms with Crippen molar-refractivity contribution in [3.05, 3.63) is 71.3 Å². The minimum absolute atomic E-state index is 0.0709. The summed E-state index contributed by atoms with van der Waals surface area (Å²) in [5, 5.41) is 2.99. The van der Waals surface area contributed by atoms with Gasteiger partial charge >= 0.3 is 0 Å². The van der Waals surface area contributed by atoms with Gasteiger partial charge in [0.1, 0.15) is 0 Å². The predicted octanol–water partition coefficient (Wildman–Crippen LogP) is 3.76. The van der Waals surface area contributed by atoms with Crippen LogP contribution in [0.5, 0.6) is 0 Å². The number of amides is 2. The molecule has 0 bridgehead atoms. The van der Waals surface area contributed by atoms with Crippen molar-refractivity contribution < 1.29 is 9.59 Å². The quantitative estimate of drug-likeness (QED) is 0.878. The number of carbonyl (C=O) groups is 2. The van der Waals surface area contributed by atoms with Gasteiger partial charge in [-0.1, -0.05) is 63.2 Å². The third-order valence-electron chi connectivity index (χ3n) is 5.08. The number of nitrogens with zero attached hydrogens (tertiary/aromatic N) is 1. The summed E-state index contributed by atoms with van der Waals surface area (Å²) in [5.74, 6) is 0.246. The first-order valence-electron chi connectivity index (χ1n) is 9.53. The molecule has 1 unspecified atom stereocenters. The van der Waals surface area contributed by atoms with Crippen LogP contribution >= 0.6 is 0 Å². The third kappa shape index (κ3) is 4.97. The van der Waals surface area contributed by atoms with E-state index >= 15 is 0 Å². The first kappa shape index (κ1) is 19.2. The van der Waals surface area contributed by atoms with E-state index in [0.29, 0.717) is 31.6 Å². The molecule has 0 radical (unpaired) electrons. The van der Waals surface area contributed by atoms with E-state index in [2.05, 4.69) is 26.1 Å². The van der Waals surface area contributed by atoms with Crippen LogP contribution < -0.4 is 5.32 Å². The van der Waals surface area contributed by atoms with E-state index < -0.39 is 0 Å². The van der Waals surface area contributed by atoms with E-state index in [4.69, 9.17) is 0 Å². The van der Waals surface area contributed by atoms with Crippen LogP contribution in [0.3, 0.4) is 0 Å². The molecule has 27 heavy (non-hydrogen) atoms. The molecule has 0 saturated carbocycles. The molecule has 1 atom stereocenters. The fourth-order valence-electron chi connectivity index (χ4n) is 3.41. The molecule has 3 rings (SSSR count). The van der Waals surface area contributed by atoms with Gasteiger partial charge in [-0.25, -0.2) is 0 Å². The number of carbonyl (C=O) groups excluding carboxylic acids is 2. The maximum atomic E-state index is 12.4. The van der Waals surface area contributed by atoms with Crippen LogP contribution in [0.1, 0.15) is 48.7 Å². The molecule has 1 N–H and O–H groups in total. The fourth-order valence-corrected chi connectivity index (χ4v) is 3.41. The minimum Gasteiger partial charge on any atom is -0.352 e. The van der Waals surface area contributed by atoms with Gasteiger partial charge in [0.05, 0.1) is 0 Å². The number of likely N-dealkylation sites (tertiary alicyclic amines) is 1. The largest absolute Gasteiger partial charge is 0.352 e. The Bertz CT molecular complexity index is 791. The number of nitrogens with one attached hydrogen (secondary N) is 1. The molecule has 1 heterocycles. The summed E-state index contributed by atoms with van der Waals surface area (Å²) in [6.45, 7) is 8.31. The summed E-state index contributed by atoms with van der Waals surface area (Å²) in [7, 11) is 0. The van der Waals surface area contributed by atoms with E-state index in [-0.39, 0.29) is 23.1 Å². The summed E-state index contributed by atoms with van der Waals surface area (Å²) >= 11 is 0. The monoisotopic (exact) mass is 364 g/mol. The summed E-state index contributed by atoms with van der Waals surface area (Å²) in [6, 6.07) is 17.8. The second-order valence-electron chi connectivity index (χ2n) is 8.37. The fraction of sp³-hybridized carbons (Fsp3) is 0.391. The van der Waals surface area contributed by atoms with Crippen LogP contribution in [0.4, 0.5) is 0 Å². The topological polar surface area (TPSA) is 49.4 Å². The molecule has 2 aromatic carbocycles. The first-order chi connectivity index (χ1) is 12.8. The van der Waals surface area contributed by atoms with Gasteiger partial charge in [-0.15, -0.1) is 0 Å². The van der Waals surface area contributed by atoms with Crippen molar-refractivity contribution in [1.82, 2.24) is 10.2 Å². The second kappa shape index (κ2) is 7.95. The lowest BCUT2D eigenvalue weighted by Crippen LogP contribution is -2.31. The van der Waals surface area contributed by atoms with Gasteiger partial charge < -0.3 is 10.2 Å². The van der Waals surface area contributed by atoms with Gasteiger partial charge in [0.25, 0.3) is 5.91 Å². The molecule has 2 aromatic rings. The van der Waals surface area contributed by atoms with Gasteiger partial charge in [-0.2, -0.15) is 0 Å². The standard InChI is InChI=1S/C23H28N2O2/c1-23(2,3)20-11-9-19(10-12-20)22(27)24-14-18-13-21(26)25(16-18)15-17-7-5-4-6-8-17/h4-12,18H,13-16H2,1-3H3,(H,24,27). The third-order valence-corrected chi connectivity index (χ3v) is 5.08. The smallest absolute Gasteiger partial charge is 0.251 e. The van der Waals surface area contributed by atoms with Gasteiger partial charge in [0.15, 0.2) is 0 Å². The molecular formula is C23H28N2O2. The number of benzene rings is 2. The zero-order valence-corrected chi connectivity index (χ0v) is 16.4. The zero-order valence-electron chi connectivity index (χ0n) is 16.4. The Labute approximate surface area is 161 Å². The van der Waals surface area contributed by atoms with Crippen molar-refractivity contribution in [2.45, 2.75) is 39.2 Å². The molecule has 4 nitrogen and oxygen atoms in total. The van der Waals surface area contributed by atoms with Gasteiger partial charge in [-0.05, 0) is 28.7 Å². The highest BCUT2D eigenvalue weighted by molar-refractivity contribution is 5.94.